The average Bonchev–Trinajstić information content (AvgIpc) is 2.23. The molecule has 0 saturated carbocycles. The third kappa shape index (κ3) is 5.82. The Morgan fingerprint density at radius 2 is 1.14 bits per heavy atom. The van der Waals surface area contributed by atoms with Gasteiger partial charge in [-0.25, -0.2) is 0 Å². The molecule has 0 fully saturated rings. The van der Waals surface area contributed by atoms with Crippen molar-refractivity contribution in [1.29, 1.82) is 0 Å². The third-order valence-electron chi connectivity index (χ3n) is 4.65. The molecular formula is C15H34BrNO2Si2. The van der Waals surface area contributed by atoms with E-state index >= 15 is 0 Å². The molecule has 0 spiro atoms. The number of nitrogens with zero attached hydrogens (tertiary/aromatic N) is 1. The van der Waals surface area contributed by atoms with Crippen LogP contribution in [0.5, 0.6) is 0 Å². The van der Waals surface area contributed by atoms with Crippen LogP contribution in [-0.4, -0.2) is 21.9 Å². The van der Waals surface area contributed by atoms with Gasteiger partial charge in [0.25, 0.3) is 0 Å². The lowest BCUT2D eigenvalue weighted by Crippen LogP contribution is -2.51. The standard InChI is InChI=1S/C15H34BrNO2Si2/c1-12-13(16)17(18-20(8,9)14(2,3)4)19-21(10,11)15(5,6)7/h12H,1-11H3/b13-12+. The summed E-state index contributed by atoms with van der Waals surface area (Å²) in [5.41, 5.74) is 0. The molecule has 0 unspecified atom stereocenters. The molecule has 6 heteroatoms. The SMILES string of the molecule is C/C=C(\Br)N(O[Si](C)(C)C(C)(C)C)O[Si](C)(C)C(C)(C)C. The quantitative estimate of drug-likeness (QED) is 0.304. The Morgan fingerprint density at radius 3 is 1.33 bits per heavy atom. The van der Waals surface area contributed by atoms with E-state index < -0.39 is 16.6 Å². The van der Waals surface area contributed by atoms with E-state index in [1.54, 1.807) is 5.23 Å². The number of allylic oxidation sites excluding steroid dienone is 1. The molecule has 0 aliphatic rings. The first-order valence-corrected chi connectivity index (χ1v) is 14.2. The molecule has 21 heavy (non-hydrogen) atoms. The lowest BCUT2D eigenvalue weighted by molar-refractivity contribution is -0.239. The van der Waals surface area contributed by atoms with Gasteiger partial charge in [0, 0.05) is 0 Å². The first kappa shape index (κ1) is 21.4. The minimum Gasteiger partial charge on any atom is -0.297 e. The highest BCUT2D eigenvalue weighted by molar-refractivity contribution is 9.11. The van der Waals surface area contributed by atoms with Crippen molar-refractivity contribution in [1.82, 2.24) is 5.23 Å². The fraction of sp³-hybridized carbons (Fsp3) is 0.867. The molecule has 0 saturated heterocycles. The normalized spacial score (nSPS) is 15.3. The first-order valence-electron chi connectivity index (χ1n) is 7.55. The summed E-state index contributed by atoms with van der Waals surface area (Å²) < 4.78 is 13.5. The van der Waals surface area contributed by atoms with E-state index in [2.05, 4.69) is 83.7 Å². The van der Waals surface area contributed by atoms with Gasteiger partial charge in [-0.05, 0) is 59.1 Å². The molecule has 0 radical (unpaired) electrons. The molecule has 0 amide bonds. The van der Waals surface area contributed by atoms with Gasteiger partial charge in [-0.2, -0.15) is 0 Å². The predicted octanol–water partition coefficient (Wildman–Crippen LogP) is 6.42. The molecule has 0 atom stereocenters. The zero-order valence-electron chi connectivity index (χ0n) is 15.7. The van der Waals surface area contributed by atoms with Crippen molar-refractivity contribution < 1.29 is 9.05 Å². The van der Waals surface area contributed by atoms with Crippen LogP contribution < -0.4 is 0 Å². The highest BCUT2D eigenvalue weighted by atomic mass is 79.9. The molecule has 0 N–H and O–H groups in total. The molecule has 0 aromatic heterocycles. The van der Waals surface area contributed by atoms with Gasteiger partial charge in [-0.3, -0.25) is 9.05 Å². The van der Waals surface area contributed by atoms with Crippen molar-refractivity contribution in [2.45, 2.75) is 84.7 Å². The Hall–Kier alpha value is 0.374. The summed E-state index contributed by atoms with van der Waals surface area (Å²) in [7, 11) is -3.91. The number of halogens is 1. The molecule has 0 heterocycles. The fourth-order valence-corrected chi connectivity index (χ4v) is 3.03. The number of hydrogen-bond acceptors (Lipinski definition) is 3. The van der Waals surface area contributed by atoms with Crippen LogP contribution in [-0.2, 0) is 9.05 Å². The molecule has 3 nitrogen and oxygen atoms in total. The van der Waals surface area contributed by atoms with E-state index in [1.807, 2.05) is 13.0 Å². The average molecular weight is 397 g/mol. The van der Waals surface area contributed by atoms with Crippen molar-refractivity contribution in [2.24, 2.45) is 0 Å². The summed E-state index contributed by atoms with van der Waals surface area (Å²) in [6, 6.07) is 0. The maximum absolute atomic E-state index is 6.36. The van der Waals surface area contributed by atoms with Crippen molar-refractivity contribution in [2.75, 3.05) is 0 Å². The van der Waals surface area contributed by atoms with Crippen molar-refractivity contribution in [3.05, 3.63) is 10.7 Å². The molecule has 0 bridgehead atoms. The minimum absolute atomic E-state index is 0.128. The van der Waals surface area contributed by atoms with E-state index in [0.29, 0.717) is 0 Å². The molecule has 126 valence electrons. The highest BCUT2D eigenvalue weighted by Gasteiger charge is 2.44. The lowest BCUT2D eigenvalue weighted by atomic mass is 10.2. The number of hydrogen-bond donors (Lipinski definition) is 0. The van der Waals surface area contributed by atoms with Crippen molar-refractivity contribution >= 4 is 32.6 Å². The second kappa shape index (κ2) is 6.87. The van der Waals surface area contributed by atoms with Crippen molar-refractivity contribution in [3.8, 4) is 0 Å². The Kier molecular flexibility index (Phi) is 6.99. The predicted molar refractivity (Wildman–Crippen MR) is 101 cm³/mol. The van der Waals surface area contributed by atoms with Gasteiger partial charge in [0.05, 0.1) is 0 Å². The number of hydroxylamine groups is 2. The van der Waals surface area contributed by atoms with Gasteiger partial charge in [0.2, 0.25) is 16.6 Å². The minimum atomic E-state index is -1.95. The Labute approximate surface area is 142 Å². The Balaban J connectivity index is 5.37. The van der Waals surface area contributed by atoms with Crippen LogP contribution in [0.1, 0.15) is 48.5 Å². The number of rotatable bonds is 5. The van der Waals surface area contributed by atoms with Crippen LogP contribution in [0.15, 0.2) is 10.7 Å². The summed E-state index contributed by atoms with van der Waals surface area (Å²) in [5, 5.41) is 1.89. The zero-order valence-corrected chi connectivity index (χ0v) is 19.3. The van der Waals surface area contributed by atoms with Gasteiger partial charge >= 0.3 is 0 Å². The van der Waals surface area contributed by atoms with Gasteiger partial charge < -0.3 is 0 Å². The molecule has 0 aliphatic heterocycles. The summed E-state index contributed by atoms with van der Waals surface area (Å²) in [5.74, 6) is 0. The highest BCUT2D eigenvalue weighted by Crippen LogP contribution is 2.41. The van der Waals surface area contributed by atoms with Crippen LogP contribution in [0.25, 0.3) is 0 Å². The summed E-state index contributed by atoms with van der Waals surface area (Å²) in [4.78, 5) is 0. The summed E-state index contributed by atoms with van der Waals surface area (Å²) >= 11 is 3.56. The molecule has 0 aromatic carbocycles. The van der Waals surface area contributed by atoms with E-state index in [1.165, 1.54) is 0 Å². The molecule has 0 rings (SSSR count). The lowest BCUT2D eigenvalue weighted by Gasteiger charge is -2.44. The van der Waals surface area contributed by atoms with E-state index in [4.69, 9.17) is 9.05 Å². The van der Waals surface area contributed by atoms with Gasteiger partial charge in [-0.1, -0.05) is 47.6 Å². The van der Waals surface area contributed by atoms with Gasteiger partial charge in [0.1, 0.15) is 4.61 Å². The Bertz CT molecular complexity index is 354. The van der Waals surface area contributed by atoms with E-state index in [9.17, 15) is 0 Å². The largest absolute Gasteiger partial charge is 0.297 e. The monoisotopic (exact) mass is 395 g/mol. The Morgan fingerprint density at radius 1 is 0.857 bits per heavy atom. The topological polar surface area (TPSA) is 21.7 Å². The van der Waals surface area contributed by atoms with Crippen LogP contribution in [0.2, 0.25) is 36.3 Å². The van der Waals surface area contributed by atoms with Crippen molar-refractivity contribution in [3.63, 3.8) is 0 Å². The maximum Gasteiger partial charge on any atom is 0.232 e. The van der Waals surface area contributed by atoms with Gasteiger partial charge in [-0.15, -0.1) is 5.23 Å². The second-order valence-corrected chi connectivity index (χ2v) is 18.8. The zero-order chi connectivity index (χ0) is 17.3. The van der Waals surface area contributed by atoms with Crippen LogP contribution in [0.4, 0.5) is 0 Å². The summed E-state index contributed by atoms with van der Waals surface area (Å²) in [6.45, 7) is 24.3. The molecule has 0 aliphatic carbocycles. The fourth-order valence-electron chi connectivity index (χ4n) is 0.900. The molecule has 0 aromatic rings. The van der Waals surface area contributed by atoms with Crippen LogP contribution >= 0.6 is 15.9 Å². The van der Waals surface area contributed by atoms with Crippen LogP contribution in [0.3, 0.4) is 0 Å². The molecular weight excluding hydrogens is 362 g/mol. The third-order valence-corrected chi connectivity index (χ3v) is 13.9. The summed E-state index contributed by atoms with van der Waals surface area (Å²) in [6.07, 6.45) is 1.96. The maximum atomic E-state index is 6.36. The van der Waals surface area contributed by atoms with E-state index in [0.717, 1.165) is 4.61 Å². The first-order chi connectivity index (χ1) is 9.05. The smallest absolute Gasteiger partial charge is 0.232 e. The van der Waals surface area contributed by atoms with Crippen LogP contribution in [0, 0.1) is 0 Å². The van der Waals surface area contributed by atoms with Gasteiger partial charge in [0.15, 0.2) is 0 Å². The van der Waals surface area contributed by atoms with E-state index in [-0.39, 0.29) is 10.1 Å². The second-order valence-electron chi connectivity index (χ2n) is 8.57.